The predicted molar refractivity (Wildman–Crippen MR) is 64.4 cm³/mol. The van der Waals surface area contributed by atoms with Gasteiger partial charge in [-0.2, -0.15) is 13.2 Å². The van der Waals surface area contributed by atoms with Crippen LogP contribution in [-0.2, 0) is 4.79 Å². The van der Waals surface area contributed by atoms with E-state index in [0.717, 1.165) is 10.5 Å². The molecule has 104 valence electrons. The Morgan fingerprint density at radius 3 is 2.42 bits per heavy atom. The third kappa shape index (κ3) is 3.07. The summed E-state index contributed by atoms with van der Waals surface area (Å²) in [5, 5.41) is 0. The number of piperazine rings is 1. The van der Waals surface area contributed by atoms with Crippen LogP contribution < -0.4 is 0 Å². The molecule has 6 heteroatoms. The van der Waals surface area contributed by atoms with Gasteiger partial charge < -0.3 is 9.80 Å². The second kappa shape index (κ2) is 5.21. The molecule has 1 aliphatic rings. The second-order valence-electron chi connectivity index (χ2n) is 4.69. The first kappa shape index (κ1) is 13.9. The maximum atomic E-state index is 12.6. The molecule has 1 saturated heterocycles. The van der Waals surface area contributed by atoms with E-state index >= 15 is 0 Å². The molecule has 0 N–H and O–H groups in total. The average molecular weight is 272 g/mol. The van der Waals surface area contributed by atoms with Gasteiger partial charge in [0.25, 0.3) is 0 Å². The zero-order chi connectivity index (χ0) is 14.0. The van der Waals surface area contributed by atoms with Crippen molar-refractivity contribution in [1.29, 1.82) is 0 Å². The van der Waals surface area contributed by atoms with Gasteiger partial charge in [-0.25, -0.2) is 0 Å². The van der Waals surface area contributed by atoms with Crippen LogP contribution in [0, 0.1) is 0 Å². The summed E-state index contributed by atoms with van der Waals surface area (Å²) in [5.74, 6) is -1.76. The molecular formula is C13H15F3N2O. The van der Waals surface area contributed by atoms with Crippen molar-refractivity contribution in [3.8, 4) is 0 Å². The number of likely N-dealkylation sites (N-methyl/N-ethyl adjacent to an activating group) is 1. The summed E-state index contributed by atoms with van der Waals surface area (Å²) >= 11 is 0. The van der Waals surface area contributed by atoms with Gasteiger partial charge in [0.1, 0.15) is 0 Å². The van der Waals surface area contributed by atoms with Crippen LogP contribution in [-0.4, -0.2) is 48.6 Å². The fourth-order valence-electron chi connectivity index (χ4n) is 2.29. The van der Waals surface area contributed by atoms with E-state index in [0.29, 0.717) is 13.1 Å². The number of carbonyl (C=O) groups is 1. The van der Waals surface area contributed by atoms with Gasteiger partial charge in [0.05, 0.1) is 6.04 Å². The molecule has 19 heavy (non-hydrogen) atoms. The first-order chi connectivity index (χ1) is 8.89. The quantitative estimate of drug-likeness (QED) is 0.781. The smallest absolute Gasteiger partial charge is 0.325 e. The standard InChI is InChI=1S/C13H15F3N2O/c1-17-7-8-18(12(19)13(14,15)16)11(9-17)10-5-3-2-4-6-10/h2-6,11H,7-9H2,1H3. The number of carbonyl (C=O) groups excluding carboxylic acids is 1. The lowest BCUT2D eigenvalue weighted by atomic mass is 10.0. The van der Waals surface area contributed by atoms with E-state index in [9.17, 15) is 18.0 Å². The lowest BCUT2D eigenvalue weighted by Gasteiger charge is -2.40. The lowest BCUT2D eigenvalue weighted by molar-refractivity contribution is -0.190. The Bertz CT molecular complexity index is 447. The summed E-state index contributed by atoms with van der Waals surface area (Å²) in [5.41, 5.74) is 0.728. The minimum Gasteiger partial charge on any atom is -0.325 e. The Hall–Kier alpha value is -1.56. The molecule has 1 atom stereocenters. The van der Waals surface area contributed by atoms with E-state index in [1.165, 1.54) is 0 Å². The van der Waals surface area contributed by atoms with Gasteiger partial charge in [-0.1, -0.05) is 30.3 Å². The summed E-state index contributed by atoms with van der Waals surface area (Å²) in [6, 6.07) is 8.28. The SMILES string of the molecule is CN1CCN(C(=O)C(F)(F)F)C(c2ccccc2)C1. The number of halogens is 3. The number of benzene rings is 1. The van der Waals surface area contributed by atoms with Crippen LogP contribution in [0.4, 0.5) is 13.2 Å². The summed E-state index contributed by atoms with van der Waals surface area (Å²) in [4.78, 5) is 14.3. The van der Waals surface area contributed by atoms with E-state index < -0.39 is 18.1 Å². The summed E-state index contributed by atoms with van der Waals surface area (Å²) < 4.78 is 37.8. The molecule has 1 fully saturated rings. The monoisotopic (exact) mass is 272 g/mol. The highest BCUT2D eigenvalue weighted by Crippen LogP contribution is 2.29. The van der Waals surface area contributed by atoms with E-state index in [1.807, 2.05) is 11.9 Å². The van der Waals surface area contributed by atoms with E-state index in [1.54, 1.807) is 30.3 Å². The van der Waals surface area contributed by atoms with Crippen molar-refractivity contribution >= 4 is 5.91 Å². The van der Waals surface area contributed by atoms with Gasteiger partial charge in [-0.05, 0) is 12.6 Å². The first-order valence-electron chi connectivity index (χ1n) is 6.01. The maximum absolute atomic E-state index is 12.6. The highest BCUT2D eigenvalue weighted by molar-refractivity contribution is 5.82. The van der Waals surface area contributed by atoms with Crippen molar-refractivity contribution in [3.05, 3.63) is 35.9 Å². The van der Waals surface area contributed by atoms with Crippen molar-refractivity contribution in [2.75, 3.05) is 26.7 Å². The fraction of sp³-hybridized carbons (Fsp3) is 0.462. The molecule has 1 amide bonds. The molecule has 0 saturated carbocycles. The largest absolute Gasteiger partial charge is 0.471 e. The normalized spacial score (nSPS) is 21.5. The fourth-order valence-corrected chi connectivity index (χ4v) is 2.29. The summed E-state index contributed by atoms with van der Waals surface area (Å²) in [7, 11) is 1.84. The third-order valence-corrected chi connectivity index (χ3v) is 3.27. The molecule has 0 radical (unpaired) electrons. The number of nitrogens with zero attached hydrogens (tertiary/aromatic N) is 2. The molecule has 3 nitrogen and oxygen atoms in total. The topological polar surface area (TPSA) is 23.6 Å². The van der Waals surface area contributed by atoms with E-state index in [4.69, 9.17) is 0 Å². The van der Waals surface area contributed by atoms with E-state index in [2.05, 4.69) is 0 Å². The highest BCUT2D eigenvalue weighted by Gasteiger charge is 2.45. The molecule has 2 rings (SSSR count). The Labute approximate surface area is 109 Å². The second-order valence-corrected chi connectivity index (χ2v) is 4.69. The van der Waals surface area contributed by atoms with Crippen LogP contribution in [0.15, 0.2) is 30.3 Å². The molecular weight excluding hydrogens is 257 g/mol. The zero-order valence-corrected chi connectivity index (χ0v) is 10.5. The molecule has 0 aromatic heterocycles. The van der Waals surface area contributed by atoms with Crippen LogP contribution >= 0.6 is 0 Å². The molecule has 0 spiro atoms. The molecule has 1 aromatic rings. The molecule has 1 heterocycles. The average Bonchev–Trinajstić information content (AvgIpc) is 2.38. The van der Waals surface area contributed by atoms with Gasteiger partial charge in [0, 0.05) is 19.6 Å². The van der Waals surface area contributed by atoms with Gasteiger partial charge in [-0.15, -0.1) is 0 Å². The Balaban J connectivity index is 2.28. The number of rotatable bonds is 1. The predicted octanol–water partition coefficient (Wildman–Crippen LogP) is 2.06. The first-order valence-corrected chi connectivity index (χ1v) is 6.01. The van der Waals surface area contributed by atoms with Gasteiger partial charge in [-0.3, -0.25) is 4.79 Å². The molecule has 1 unspecified atom stereocenters. The Morgan fingerprint density at radius 1 is 1.21 bits per heavy atom. The number of amides is 1. The maximum Gasteiger partial charge on any atom is 0.471 e. The number of hydrogen-bond donors (Lipinski definition) is 0. The summed E-state index contributed by atoms with van der Waals surface area (Å²) in [6.07, 6.45) is -4.82. The lowest BCUT2D eigenvalue weighted by Crippen LogP contribution is -2.53. The van der Waals surface area contributed by atoms with Crippen LogP contribution in [0.5, 0.6) is 0 Å². The van der Waals surface area contributed by atoms with Crippen molar-refractivity contribution < 1.29 is 18.0 Å². The number of hydrogen-bond acceptors (Lipinski definition) is 2. The van der Waals surface area contributed by atoms with Crippen LogP contribution in [0.3, 0.4) is 0 Å². The van der Waals surface area contributed by atoms with Crippen molar-refractivity contribution in [1.82, 2.24) is 9.80 Å². The highest BCUT2D eigenvalue weighted by atomic mass is 19.4. The Kier molecular flexibility index (Phi) is 3.80. The minimum absolute atomic E-state index is 0.0917. The molecule has 0 aliphatic carbocycles. The van der Waals surface area contributed by atoms with Gasteiger partial charge in [0.2, 0.25) is 0 Å². The van der Waals surface area contributed by atoms with E-state index in [-0.39, 0.29) is 6.54 Å². The van der Waals surface area contributed by atoms with Crippen molar-refractivity contribution in [2.24, 2.45) is 0 Å². The van der Waals surface area contributed by atoms with Crippen molar-refractivity contribution in [2.45, 2.75) is 12.2 Å². The van der Waals surface area contributed by atoms with Gasteiger partial charge >= 0.3 is 12.1 Å². The molecule has 1 aromatic carbocycles. The third-order valence-electron chi connectivity index (χ3n) is 3.27. The molecule has 1 aliphatic heterocycles. The van der Waals surface area contributed by atoms with Crippen LogP contribution in [0.25, 0.3) is 0 Å². The number of alkyl halides is 3. The van der Waals surface area contributed by atoms with Gasteiger partial charge in [0.15, 0.2) is 0 Å². The van der Waals surface area contributed by atoms with Crippen LogP contribution in [0.1, 0.15) is 11.6 Å². The zero-order valence-electron chi connectivity index (χ0n) is 10.5. The minimum atomic E-state index is -4.82. The van der Waals surface area contributed by atoms with Crippen molar-refractivity contribution in [3.63, 3.8) is 0 Å². The van der Waals surface area contributed by atoms with Crippen LogP contribution in [0.2, 0.25) is 0 Å². The summed E-state index contributed by atoms with van der Waals surface area (Å²) in [6.45, 7) is 0.950. The Morgan fingerprint density at radius 2 is 1.84 bits per heavy atom. The molecule has 0 bridgehead atoms.